The van der Waals surface area contributed by atoms with Gasteiger partial charge in [-0.15, -0.1) is 0 Å². The van der Waals surface area contributed by atoms with Crippen LogP contribution >= 0.6 is 0 Å². The molecule has 9 heteroatoms. The molecule has 3 heterocycles. The highest BCUT2D eigenvalue weighted by atomic mass is 16.5. The Morgan fingerprint density at radius 2 is 2.32 bits per heavy atom. The van der Waals surface area contributed by atoms with E-state index in [1.807, 2.05) is 6.92 Å². The molecule has 22 heavy (non-hydrogen) atoms. The van der Waals surface area contributed by atoms with Crippen molar-refractivity contribution in [2.75, 3.05) is 6.54 Å². The van der Waals surface area contributed by atoms with E-state index in [1.54, 1.807) is 17.9 Å². The van der Waals surface area contributed by atoms with E-state index < -0.39 is 7.12 Å². The van der Waals surface area contributed by atoms with Crippen molar-refractivity contribution in [1.29, 1.82) is 0 Å². The van der Waals surface area contributed by atoms with E-state index in [0.717, 1.165) is 0 Å². The summed E-state index contributed by atoms with van der Waals surface area (Å²) in [6.07, 6.45) is 1.94. The molecular weight excluding hydrogens is 287 g/mol. The second kappa shape index (κ2) is 5.58. The minimum Gasteiger partial charge on any atom is -0.474 e. The molecule has 0 aromatic carbocycles. The number of hydrogen-bond donors (Lipinski definition) is 3. The zero-order valence-electron chi connectivity index (χ0n) is 12.4. The van der Waals surface area contributed by atoms with Crippen LogP contribution in [-0.4, -0.2) is 50.5 Å². The number of pyridine rings is 1. The fourth-order valence-electron chi connectivity index (χ4n) is 2.58. The molecule has 2 aromatic heterocycles. The molecule has 0 aliphatic carbocycles. The molecule has 2 aromatic rings. The lowest BCUT2D eigenvalue weighted by Gasteiger charge is -2.19. The Morgan fingerprint density at radius 1 is 1.55 bits per heavy atom. The van der Waals surface area contributed by atoms with Gasteiger partial charge in [0.1, 0.15) is 6.10 Å². The largest absolute Gasteiger partial charge is 0.508 e. The van der Waals surface area contributed by atoms with Crippen LogP contribution in [0.4, 0.5) is 0 Å². The average Bonchev–Trinajstić information content (AvgIpc) is 3.03. The Bertz CT molecular complexity index is 717. The van der Waals surface area contributed by atoms with Crippen LogP contribution in [0.3, 0.4) is 0 Å². The number of nitrogens with zero attached hydrogens (tertiary/aromatic N) is 3. The molecule has 2 atom stereocenters. The molecule has 1 aliphatic heterocycles. The van der Waals surface area contributed by atoms with Crippen LogP contribution in [0.5, 0.6) is 5.88 Å². The molecule has 1 aliphatic rings. The van der Waals surface area contributed by atoms with E-state index in [9.17, 15) is 14.8 Å². The maximum absolute atomic E-state index is 11.3. The maximum atomic E-state index is 11.3. The average molecular weight is 304 g/mol. The molecule has 8 nitrogen and oxygen atoms in total. The lowest BCUT2D eigenvalue weighted by molar-refractivity contribution is -0.119. The molecule has 1 amide bonds. The van der Waals surface area contributed by atoms with Crippen molar-refractivity contribution in [3.63, 3.8) is 0 Å². The molecule has 1 fully saturated rings. The molecular formula is C13H17BN4O4. The third kappa shape index (κ3) is 2.77. The standard InChI is InChI=1S/C13H17BN4O4/c1-7(8-3-12(19)15-5-8)22-13-9-6-18(2)17-10(9)4-11(16-13)14(20)21/h4,6-8,20-21H,3,5H2,1-2H3,(H,15,19)/t7?,8-/m1/s1. The van der Waals surface area contributed by atoms with Crippen LogP contribution in [0.15, 0.2) is 12.3 Å². The molecule has 116 valence electrons. The van der Waals surface area contributed by atoms with Gasteiger partial charge in [0.05, 0.1) is 16.5 Å². The first kappa shape index (κ1) is 14.8. The predicted molar refractivity (Wildman–Crippen MR) is 79.5 cm³/mol. The topological polar surface area (TPSA) is 110 Å². The van der Waals surface area contributed by atoms with Gasteiger partial charge < -0.3 is 20.1 Å². The molecule has 1 saturated heterocycles. The fourth-order valence-corrected chi connectivity index (χ4v) is 2.58. The SMILES string of the molecule is CC(Oc1nc(B(O)O)cc2nn(C)cc12)[C@H]1CNC(=O)C1. The Labute approximate surface area is 127 Å². The first-order valence-corrected chi connectivity index (χ1v) is 7.08. The second-order valence-corrected chi connectivity index (χ2v) is 5.55. The highest BCUT2D eigenvalue weighted by molar-refractivity contribution is 6.57. The van der Waals surface area contributed by atoms with Crippen LogP contribution in [0.25, 0.3) is 10.9 Å². The van der Waals surface area contributed by atoms with Gasteiger partial charge in [-0.2, -0.15) is 5.10 Å². The molecule has 0 bridgehead atoms. The second-order valence-electron chi connectivity index (χ2n) is 5.55. The third-order valence-corrected chi connectivity index (χ3v) is 3.84. The summed E-state index contributed by atoms with van der Waals surface area (Å²) in [6, 6.07) is 1.51. The zero-order valence-corrected chi connectivity index (χ0v) is 12.4. The van der Waals surface area contributed by atoms with Gasteiger partial charge in [-0.25, -0.2) is 4.98 Å². The summed E-state index contributed by atoms with van der Waals surface area (Å²) in [5, 5.41) is 26.4. The van der Waals surface area contributed by atoms with Crippen molar-refractivity contribution in [3.05, 3.63) is 12.3 Å². The highest BCUT2D eigenvalue weighted by Gasteiger charge is 2.29. The fraction of sp³-hybridized carbons (Fsp3) is 0.462. The van der Waals surface area contributed by atoms with Crippen LogP contribution in [0, 0.1) is 5.92 Å². The summed E-state index contributed by atoms with van der Waals surface area (Å²) in [5.41, 5.74) is 0.650. The Hall–Kier alpha value is -2.13. The van der Waals surface area contributed by atoms with Gasteiger partial charge in [0, 0.05) is 32.1 Å². The number of hydrogen-bond acceptors (Lipinski definition) is 6. The van der Waals surface area contributed by atoms with E-state index >= 15 is 0 Å². The Kier molecular flexibility index (Phi) is 3.75. The summed E-state index contributed by atoms with van der Waals surface area (Å²) in [6.45, 7) is 2.44. The van der Waals surface area contributed by atoms with Crippen LogP contribution in [0.2, 0.25) is 0 Å². The normalized spacial score (nSPS) is 19.3. The monoisotopic (exact) mass is 304 g/mol. The minimum atomic E-state index is -1.70. The van der Waals surface area contributed by atoms with Crippen molar-refractivity contribution in [3.8, 4) is 5.88 Å². The summed E-state index contributed by atoms with van der Waals surface area (Å²) in [5.74, 6) is 0.365. The number of carbonyl (C=O) groups is 1. The number of carbonyl (C=O) groups excluding carboxylic acids is 1. The van der Waals surface area contributed by atoms with Gasteiger partial charge in [-0.3, -0.25) is 9.48 Å². The van der Waals surface area contributed by atoms with E-state index in [4.69, 9.17) is 4.74 Å². The number of ether oxygens (including phenoxy) is 1. The first-order valence-electron chi connectivity index (χ1n) is 7.08. The Balaban J connectivity index is 1.92. The molecule has 1 unspecified atom stereocenters. The zero-order chi connectivity index (χ0) is 15.9. The first-order chi connectivity index (χ1) is 10.4. The number of amides is 1. The van der Waals surface area contributed by atoms with Gasteiger partial charge in [-0.05, 0) is 13.0 Å². The molecule has 0 spiro atoms. The van der Waals surface area contributed by atoms with E-state index in [2.05, 4.69) is 15.4 Å². The van der Waals surface area contributed by atoms with Gasteiger partial charge in [0.2, 0.25) is 11.8 Å². The summed E-state index contributed by atoms with van der Waals surface area (Å²) in [4.78, 5) is 15.5. The van der Waals surface area contributed by atoms with Crippen molar-refractivity contribution >= 4 is 29.5 Å². The van der Waals surface area contributed by atoms with Gasteiger partial charge in [0.25, 0.3) is 0 Å². The number of fused-ring (bicyclic) bond motifs is 1. The predicted octanol–water partition coefficient (Wildman–Crippen LogP) is -1.45. The number of rotatable bonds is 4. The van der Waals surface area contributed by atoms with E-state index in [-0.39, 0.29) is 23.5 Å². The van der Waals surface area contributed by atoms with Crippen molar-refractivity contribution in [2.24, 2.45) is 13.0 Å². The number of aromatic nitrogens is 3. The van der Waals surface area contributed by atoms with Crippen LogP contribution < -0.4 is 15.6 Å². The smallest absolute Gasteiger partial charge is 0.474 e. The quantitative estimate of drug-likeness (QED) is 0.596. The van der Waals surface area contributed by atoms with Crippen LogP contribution in [0.1, 0.15) is 13.3 Å². The van der Waals surface area contributed by atoms with Gasteiger partial charge in [-0.1, -0.05) is 0 Å². The molecule has 3 N–H and O–H groups in total. The van der Waals surface area contributed by atoms with E-state index in [1.165, 1.54) is 6.07 Å². The van der Waals surface area contributed by atoms with Crippen molar-refractivity contribution in [2.45, 2.75) is 19.4 Å². The number of nitrogens with one attached hydrogen (secondary N) is 1. The van der Waals surface area contributed by atoms with Crippen LogP contribution in [-0.2, 0) is 11.8 Å². The third-order valence-electron chi connectivity index (χ3n) is 3.84. The molecule has 0 saturated carbocycles. The van der Waals surface area contributed by atoms with Crippen molar-refractivity contribution < 1.29 is 19.6 Å². The van der Waals surface area contributed by atoms with Gasteiger partial charge >= 0.3 is 7.12 Å². The summed E-state index contributed by atoms with van der Waals surface area (Å²) in [7, 11) is 0.0701. The lowest BCUT2D eigenvalue weighted by atomic mass is 9.85. The lowest BCUT2D eigenvalue weighted by Crippen LogP contribution is -2.34. The summed E-state index contributed by atoms with van der Waals surface area (Å²) >= 11 is 0. The highest BCUT2D eigenvalue weighted by Crippen LogP contribution is 2.25. The van der Waals surface area contributed by atoms with E-state index in [0.29, 0.717) is 29.7 Å². The number of aryl methyl sites for hydroxylation is 1. The maximum Gasteiger partial charge on any atom is 0.508 e. The Morgan fingerprint density at radius 3 is 2.95 bits per heavy atom. The van der Waals surface area contributed by atoms with Gasteiger partial charge in [0.15, 0.2) is 0 Å². The molecule has 0 radical (unpaired) electrons. The minimum absolute atomic E-state index is 0.0134. The summed E-state index contributed by atoms with van der Waals surface area (Å²) < 4.78 is 7.49. The molecule has 3 rings (SSSR count). The van der Waals surface area contributed by atoms with Crippen molar-refractivity contribution in [1.82, 2.24) is 20.1 Å².